The zero-order valence-corrected chi connectivity index (χ0v) is 15.8. The van der Waals surface area contributed by atoms with E-state index in [-0.39, 0.29) is 12.0 Å². The van der Waals surface area contributed by atoms with Crippen LogP contribution in [0.2, 0.25) is 10.0 Å². The second-order valence-corrected chi connectivity index (χ2v) is 6.99. The van der Waals surface area contributed by atoms with Gasteiger partial charge in [-0.05, 0) is 30.2 Å². The summed E-state index contributed by atoms with van der Waals surface area (Å²) in [5.74, 6) is -0.0225. The Morgan fingerprint density at radius 3 is 2.84 bits per heavy atom. The normalized spacial score (nSPS) is 17.8. The van der Waals surface area contributed by atoms with E-state index >= 15 is 0 Å². The number of aryl methyl sites for hydroxylation is 2. The largest absolute Gasteiger partial charge is 0.370 e. The van der Waals surface area contributed by atoms with Gasteiger partial charge < -0.3 is 9.64 Å². The minimum absolute atomic E-state index is 0.0225. The zero-order chi connectivity index (χ0) is 18.0. The highest BCUT2D eigenvalue weighted by atomic mass is 35.5. The molecule has 0 saturated carbocycles. The molecule has 1 atom stereocenters. The van der Waals surface area contributed by atoms with Crippen molar-refractivity contribution < 1.29 is 9.53 Å². The van der Waals surface area contributed by atoms with Crippen molar-refractivity contribution in [2.24, 2.45) is 7.05 Å². The molecule has 25 heavy (non-hydrogen) atoms. The van der Waals surface area contributed by atoms with Crippen molar-refractivity contribution in [3.63, 3.8) is 0 Å². The second kappa shape index (κ2) is 7.77. The lowest BCUT2D eigenvalue weighted by atomic mass is 10.1. The van der Waals surface area contributed by atoms with Gasteiger partial charge in [-0.25, -0.2) is 0 Å². The molecule has 1 aliphatic heterocycles. The maximum atomic E-state index is 12.9. The van der Waals surface area contributed by atoms with E-state index in [1.807, 2.05) is 24.1 Å². The minimum atomic E-state index is -0.212. The van der Waals surface area contributed by atoms with Gasteiger partial charge >= 0.3 is 0 Å². The number of aromatic nitrogens is 2. The van der Waals surface area contributed by atoms with Crippen molar-refractivity contribution in [3.05, 3.63) is 51.3 Å². The summed E-state index contributed by atoms with van der Waals surface area (Å²) in [6.07, 6.45) is 1.66. The van der Waals surface area contributed by atoms with Gasteiger partial charge in [0.15, 0.2) is 0 Å². The van der Waals surface area contributed by atoms with Crippen molar-refractivity contribution in [1.82, 2.24) is 14.7 Å². The highest BCUT2D eigenvalue weighted by Crippen LogP contribution is 2.29. The van der Waals surface area contributed by atoms with Gasteiger partial charge in [0.05, 0.1) is 28.9 Å². The summed E-state index contributed by atoms with van der Waals surface area (Å²) in [7, 11) is 1.81. The average molecular weight is 382 g/mol. The Kier molecular flexibility index (Phi) is 5.67. The molecule has 134 valence electrons. The number of ether oxygens (including phenoxy) is 1. The zero-order valence-electron chi connectivity index (χ0n) is 14.3. The van der Waals surface area contributed by atoms with E-state index in [9.17, 15) is 4.79 Å². The van der Waals surface area contributed by atoms with Gasteiger partial charge in [0.25, 0.3) is 5.91 Å². The number of hydrogen-bond donors (Lipinski definition) is 0. The lowest BCUT2D eigenvalue weighted by Crippen LogP contribution is -2.42. The molecule has 1 saturated heterocycles. The molecule has 0 bridgehead atoms. The first-order valence-electron chi connectivity index (χ1n) is 8.38. The molecule has 0 radical (unpaired) electrons. The number of hydrogen-bond acceptors (Lipinski definition) is 3. The molecule has 1 aliphatic rings. The van der Waals surface area contributed by atoms with Crippen molar-refractivity contribution in [1.29, 1.82) is 0 Å². The molecule has 0 aliphatic carbocycles. The van der Waals surface area contributed by atoms with Gasteiger partial charge in [-0.3, -0.25) is 9.48 Å². The molecular weight excluding hydrogens is 361 g/mol. The third-order valence-corrected chi connectivity index (χ3v) is 5.06. The van der Waals surface area contributed by atoms with Gasteiger partial charge in [0.1, 0.15) is 11.8 Å². The van der Waals surface area contributed by atoms with Crippen molar-refractivity contribution in [2.75, 3.05) is 19.7 Å². The predicted octanol–water partition coefficient (Wildman–Crippen LogP) is 3.89. The molecule has 0 N–H and O–H groups in total. The van der Waals surface area contributed by atoms with Gasteiger partial charge in [0.2, 0.25) is 0 Å². The van der Waals surface area contributed by atoms with Crippen LogP contribution in [0, 0.1) is 0 Å². The van der Waals surface area contributed by atoms with Crippen LogP contribution < -0.4 is 0 Å². The minimum Gasteiger partial charge on any atom is -0.370 e. The van der Waals surface area contributed by atoms with E-state index < -0.39 is 0 Å². The van der Waals surface area contributed by atoms with E-state index in [0.29, 0.717) is 35.4 Å². The molecule has 1 aromatic heterocycles. The van der Waals surface area contributed by atoms with Crippen LogP contribution >= 0.6 is 23.2 Å². The fourth-order valence-corrected chi connectivity index (χ4v) is 3.32. The number of rotatable bonds is 4. The number of benzene rings is 1. The van der Waals surface area contributed by atoms with E-state index in [2.05, 4.69) is 12.0 Å². The Bertz CT molecular complexity index is 776. The van der Waals surface area contributed by atoms with Gasteiger partial charge in [-0.2, -0.15) is 5.10 Å². The molecule has 1 amide bonds. The summed E-state index contributed by atoms with van der Waals surface area (Å²) in [6.45, 7) is 3.62. The molecule has 1 aromatic carbocycles. The quantitative estimate of drug-likeness (QED) is 0.806. The Morgan fingerprint density at radius 2 is 2.12 bits per heavy atom. The molecule has 0 unspecified atom stereocenters. The van der Waals surface area contributed by atoms with E-state index in [1.165, 1.54) is 0 Å². The first-order valence-corrected chi connectivity index (χ1v) is 9.14. The van der Waals surface area contributed by atoms with Crippen LogP contribution in [0.1, 0.15) is 41.2 Å². The summed E-state index contributed by atoms with van der Waals surface area (Å²) in [6, 6.07) is 7.32. The average Bonchev–Trinajstić information content (AvgIpc) is 2.97. The highest BCUT2D eigenvalue weighted by molar-refractivity contribution is 6.42. The van der Waals surface area contributed by atoms with Crippen LogP contribution in [0.4, 0.5) is 0 Å². The SMILES string of the molecule is CCCc1cc(C(=O)N2CCO[C@@H](c3ccc(Cl)c(Cl)c3)C2)n(C)n1. The van der Waals surface area contributed by atoms with Crippen LogP contribution in [0.25, 0.3) is 0 Å². The van der Waals surface area contributed by atoms with Crippen LogP contribution in [0.5, 0.6) is 0 Å². The van der Waals surface area contributed by atoms with E-state index in [4.69, 9.17) is 27.9 Å². The number of carbonyl (C=O) groups is 1. The molecule has 7 heteroatoms. The van der Waals surface area contributed by atoms with Crippen molar-refractivity contribution in [2.45, 2.75) is 25.9 Å². The molecule has 2 heterocycles. The summed E-state index contributed by atoms with van der Waals surface area (Å²) in [4.78, 5) is 14.7. The third-order valence-electron chi connectivity index (χ3n) is 4.32. The molecule has 3 rings (SSSR count). The monoisotopic (exact) mass is 381 g/mol. The van der Waals surface area contributed by atoms with E-state index in [0.717, 1.165) is 24.1 Å². The Labute approximate surface area is 157 Å². The maximum absolute atomic E-state index is 12.9. The number of carbonyl (C=O) groups excluding carboxylic acids is 1. The lowest BCUT2D eigenvalue weighted by molar-refractivity contribution is -0.0231. The second-order valence-electron chi connectivity index (χ2n) is 6.18. The fraction of sp³-hybridized carbons (Fsp3) is 0.444. The summed E-state index contributed by atoms with van der Waals surface area (Å²) >= 11 is 12.1. The number of nitrogens with zero attached hydrogens (tertiary/aromatic N) is 3. The highest BCUT2D eigenvalue weighted by Gasteiger charge is 2.28. The Hall–Kier alpha value is -1.56. The van der Waals surface area contributed by atoms with E-state index in [1.54, 1.807) is 16.8 Å². The molecule has 0 spiro atoms. The predicted molar refractivity (Wildman–Crippen MR) is 98.3 cm³/mol. The standard InChI is InChI=1S/C18H21Cl2N3O2/c1-3-4-13-10-16(22(2)21-13)18(24)23-7-8-25-17(11-23)12-5-6-14(19)15(20)9-12/h5-6,9-10,17H,3-4,7-8,11H2,1-2H3/t17-/m1/s1. The third kappa shape index (κ3) is 4.00. The van der Waals surface area contributed by atoms with Crippen LogP contribution in [0.15, 0.2) is 24.3 Å². The smallest absolute Gasteiger partial charge is 0.272 e. The van der Waals surface area contributed by atoms with Gasteiger partial charge in [-0.15, -0.1) is 0 Å². The molecule has 1 fully saturated rings. The summed E-state index contributed by atoms with van der Waals surface area (Å²) in [5.41, 5.74) is 2.48. The molecule has 5 nitrogen and oxygen atoms in total. The first kappa shape index (κ1) is 18.2. The molecule has 2 aromatic rings. The van der Waals surface area contributed by atoms with Crippen molar-refractivity contribution in [3.8, 4) is 0 Å². The van der Waals surface area contributed by atoms with Crippen molar-refractivity contribution >= 4 is 29.1 Å². The van der Waals surface area contributed by atoms with Crippen LogP contribution in [-0.4, -0.2) is 40.3 Å². The lowest BCUT2D eigenvalue weighted by Gasteiger charge is -2.33. The Morgan fingerprint density at radius 1 is 1.32 bits per heavy atom. The number of halogens is 2. The first-order chi connectivity index (χ1) is 12.0. The van der Waals surface area contributed by atoms with Crippen LogP contribution in [-0.2, 0) is 18.2 Å². The number of morpholine rings is 1. The maximum Gasteiger partial charge on any atom is 0.272 e. The summed E-state index contributed by atoms with van der Waals surface area (Å²) in [5, 5.41) is 5.42. The van der Waals surface area contributed by atoms with Gasteiger partial charge in [0, 0.05) is 13.6 Å². The fourth-order valence-electron chi connectivity index (χ4n) is 3.02. The van der Waals surface area contributed by atoms with Crippen LogP contribution in [0.3, 0.4) is 0 Å². The summed E-state index contributed by atoms with van der Waals surface area (Å²) < 4.78 is 7.49. The van der Waals surface area contributed by atoms with Gasteiger partial charge in [-0.1, -0.05) is 42.6 Å². The molecular formula is C18H21Cl2N3O2. The number of amides is 1. The Balaban J connectivity index is 1.76. The topological polar surface area (TPSA) is 47.4 Å².